The number of carbonyl (C=O) groups is 2. The number of rotatable bonds is 11. The van der Waals surface area contributed by atoms with Gasteiger partial charge in [0.05, 0.1) is 25.0 Å². The van der Waals surface area contributed by atoms with E-state index in [9.17, 15) is 19.8 Å². The summed E-state index contributed by atoms with van der Waals surface area (Å²) in [6.45, 7) is 23.3. The van der Waals surface area contributed by atoms with Crippen molar-refractivity contribution in [2.75, 3.05) is 0 Å². The highest BCUT2D eigenvalue weighted by Gasteiger charge is 2.50. The standard InChI is InChI=1S/C30H56N2O8/c1-19(33)21(3)39-31-27(5,6)15-23(16-28(31,7)8)37-25(35)13-14-26(36)38-24-17-29(9,10)32(30(11,12)18-24)40-22(4)20(2)34/h19-24,33-34H,13-18H2,1-12H3. The second-order valence-corrected chi connectivity index (χ2v) is 14.5. The van der Waals surface area contributed by atoms with Gasteiger partial charge >= 0.3 is 11.9 Å². The molecule has 2 heterocycles. The van der Waals surface area contributed by atoms with Gasteiger partial charge in [0.25, 0.3) is 0 Å². The van der Waals surface area contributed by atoms with Crippen LogP contribution in [-0.4, -0.2) is 91.1 Å². The quantitative estimate of drug-likeness (QED) is 0.347. The van der Waals surface area contributed by atoms with Gasteiger partial charge in [-0.2, -0.15) is 10.1 Å². The Morgan fingerprint density at radius 2 is 0.875 bits per heavy atom. The van der Waals surface area contributed by atoms with E-state index in [1.54, 1.807) is 13.8 Å². The summed E-state index contributed by atoms with van der Waals surface area (Å²) < 4.78 is 11.6. The molecule has 0 aliphatic carbocycles. The normalized spacial score (nSPS) is 26.4. The molecule has 0 radical (unpaired) electrons. The van der Waals surface area contributed by atoms with Gasteiger partial charge in [-0.05, 0) is 83.1 Å². The van der Waals surface area contributed by atoms with E-state index >= 15 is 0 Å². The van der Waals surface area contributed by atoms with E-state index in [4.69, 9.17) is 19.1 Å². The molecule has 10 nitrogen and oxygen atoms in total. The predicted octanol–water partition coefficient (Wildman–Crippen LogP) is 4.30. The third kappa shape index (κ3) is 9.10. The molecule has 2 fully saturated rings. The maximum atomic E-state index is 12.7. The van der Waals surface area contributed by atoms with Crippen LogP contribution >= 0.6 is 0 Å². The molecule has 4 atom stereocenters. The zero-order chi connectivity index (χ0) is 30.8. The van der Waals surface area contributed by atoms with Crippen LogP contribution < -0.4 is 0 Å². The summed E-state index contributed by atoms with van der Waals surface area (Å²) in [4.78, 5) is 37.7. The average Bonchev–Trinajstić information content (AvgIpc) is 2.75. The van der Waals surface area contributed by atoms with E-state index in [2.05, 4.69) is 0 Å². The molecule has 2 saturated heterocycles. The number of aliphatic hydroxyl groups excluding tert-OH is 2. The van der Waals surface area contributed by atoms with Crippen LogP contribution in [0, 0.1) is 0 Å². The lowest BCUT2D eigenvalue weighted by atomic mass is 9.80. The number of esters is 2. The van der Waals surface area contributed by atoms with E-state index in [-0.39, 0.29) is 37.3 Å². The molecule has 0 spiro atoms. The summed E-state index contributed by atoms with van der Waals surface area (Å²) in [6.07, 6.45) is -0.413. The molecule has 2 rings (SSSR count). The molecular formula is C30H56N2O8. The second-order valence-electron chi connectivity index (χ2n) is 14.5. The van der Waals surface area contributed by atoms with Crippen molar-refractivity contribution in [1.82, 2.24) is 10.1 Å². The topological polar surface area (TPSA) is 118 Å². The largest absolute Gasteiger partial charge is 0.462 e. The number of aliphatic hydroxyl groups is 2. The van der Waals surface area contributed by atoms with Crippen molar-refractivity contribution in [3.8, 4) is 0 Å². The first kappa shape index (κ1) is 34.9. The molecule has 0 aromatic rings. The highest BCUT2D eigenvalue weighted by Crippen LogP contribution is 2.42. The van der Waals surface area contributed by atoms with Crippen molar-refractivity contribution in [3.05, 3.63) is 0 Å². The van der Waals surface area contributed by atoms with Crippen LogP contribution in [0.5, 0.6) is 0 Å². The third-order valence-corrected chi connectivity index (χ3v) is 8.14. The molecule has 234 valence electrons. The number of ether oxygens (including phenoxy) is 2. The van der Waals surface area contributed by atoms with E-state index < -0.39 is 46.3 Å². The molecule has 0 saturated carbocycles. The minimum atomic E-state index is -0.612. The monoisotopic (exact) mass is 572 g/mol. The molecule has 0 aromatic carbocycles. The number of hydroxylamine groups is 4. The zero-order valence-electron chi connectivity index (χ0n) is 26.9. The first-order valence-corrected chi connectivity index (χ1v) is 14.8. The van der Waals surface area contributed by atoms with Gasteiger partial charge in [0, 0.05) is 47.8 Å². The van der Waals surface area contributed by atoms with Gasteiger partial charge in [0.15, 0.2) is 0 Å². The lowest BCUT2D eigenvalue weighted by Gasteiger charge is -2.54. The molecule has 2 aliphatic rings. The van der Waals surface area contributed by atoms with Gasteiger partial charge in [-0.3, -0.25) is 19.3 Å². The molecule has 10 heteroatoms. The van der Waals surface area contributed by atoms with Gasteiger partial charge in [0.1, 0.15) is 24.4 Å². The zero-order valence-corrected chi connectivity index (χ0v) is 26.9. The maximum absolute atomic E-state index is 12.7. The van der Waals surface area contributed by atoms with Crippen LogP contribution in [0.4, 0.5) is 0 Å². The van der Waals surface area contributed by atoms with E-state index in [0.29, 0.717) is 25.7 Å². The van der Waals surface area contributed by atoms with E-state index in [1.807, 2.05) is 79.4 Å². The summed E-state index contributed by atoms with van der Waals surface area (Å²) in [6, 6.07) is 0. The Balaban J connectivity index is 1.90. The Hall–Kier alpha value is -1.30. The third-order valence-electron chi connectivity index (χ3n) is 8.14. The molecule has 0 amide bonds. The fourth-order valence-corrected chi connectivity index (χ4v) is 6.28. The SMILES string of the molecule is CC(O)C(C)ON1C(C)(C)CC(OC(=O)CCC(=O)OC2CC(C)(C)N(OC(C)C(C)O)C(C)(C)C2)CC1(C)C. The maximum Gasteiger partial charge on any atom is 0.306 e. The number of hydrogen-bond acceptors (Lipinski definition) is 10. The smallest absolute Gasteiger partial charge is 0.306 e. The summed E-state index contributed by atoms with van der Waals surface area (Å²) in [5, 5.41) is 23.7. The van der Waals surface area contributed by atoms with Gasteiger partial charge in [-0.15, -0.1) is 0 Å². The molecule has 0 bridgehead atoms. The summed E-state index contributed by atoms with van der Waals surface area (Å²) in [5.41, 5.74) is -1.72. The number of hydrogen-bond donors (Lipinski definition) is 2. The van der Waals surface area contributed by atoms with Crippen molar-refractivity contribution >= 4 is 11.9 Å². The molecule has 0 aromatic heterocycles. The van der Waals surface area contributed by atoms with Crippen molar-refractivity contribution in [2.24, 2.45) is 0 Å². The fourth-order valence-electron chi connectivity index (χ4n) is 6.28. The Kier molecular flexibility index (Phi) is 11.3. The highest BCUT2D eigenvalue weighted by atomic mass is 16.7. The fraction of sp³-hybridized carbons (Fsp3) is 0.933. The van der Waals surface area contributed by atoms with Crippen molar-refractivity contribution in [2.45, 2.75) is 180 Å². The summed E-state index contributed by atoms with van der Waals surface area (Å²) >= 11 is 0. The molecule has 4 unspecified atom stereocenters. The van der Waals surface area contributed by atoms with Gasteiger partial charge in [0.2, 0.25) is 0 Å². The van der Waals surface area contributed by atoms with E-state index in [0.717, 1.165) is 0 Å². The van der Waals surface area contributed by atoms with Crippen molar-refractivity contribution < 1.29 is 39.0 Å². The Labute approximate surface area is 241 Å². The van der Waals surface area contributed by atoms with E-state index in [1.165, 1.54) is 0 Å². The van der Waals surface area contributed by atoms with Crippen LogP contribution in [0.1, 0.15) is 122 Å². The Morgan fingerprint density at radius 3 is 1.10 bits per heavy atom. The Bertz CT molecular complexity index is 764. The average molecular weight is 573 g/mol. The minimum absolute atomic E-state index is 0.0455. The lowest BCUT2D eigenvalue weighted by molar-refractivity contribution is -0.321. The summed E-state index contributed by atoms with van der Waals surface area (Å²) in [5.74, 6) is -0.840. The van der Waals surface area contributed by atoms with Gasteiger partial charge in [-0.1, -0.05) is 0 Å². The molecule has 2 N–H and O–H groups in total. The van der Waals surface area contributed by atoms with Crippen molar-refractivity contribution in [3.63, 3.8) is 0 Å². The lowest BCUT2D eigenvalue weighted by Crippen LogP contribution is -2.63. The predicted molar refractivity (Wildman–Crippen MR) is 152 cm³/mol. The molecular weight excluding hydrogens is 516 g/mol. The van der Waals surface area contributed by atoms with Gasteiger partial charge in [-0.25, -0.2) is 0 Å². The number of nitrogens with zero attached hydrogens (tertiary/aromatic N) is 2. The van der Waals surface area contributed by atoms with Crippen LogP contribution in [-0.2, 0) is 28.7 Å². The Morgan fingerprint density at radius 1 is 0.625 bits per heavy atom. The minimum Gasteiger partial charge on any atom is -0.462 e. The number of piperidine rings is 2. The summed E-state index contributed by atoms with van der Waals surface area (Å²) in [7, 11) is 0. The van der Waals surface area contributed by atoms with Crippen LogP contribution in [0.25, 0.3) is 0 Å². The van der Waals surface area contributed by atoms with Crippen molar-refractivity contribution in [1.29, 1.82) is 0 Å². The van der Waals surface area contributed by atoms with Crippen LogP contribution in [0.3, 0.4) is 0 Å². The molecule has 2 aliphatic heterocycles. The van der Waals surface area contributed by atoms with Gasteiger partial charge < -0.3 is 19.7 Å². The second kappa shape index (κ2) is 12.9. The number of carbonyl (C=O) groups excluding carboxylic acids is 2. The van der Waals surface area contributed by atoms with Crippen LogP contribution in [0.2, 0.25) is 0 Å². The highest BCUT2D eigenvalue weighted by molar-refractivity contribution is 5.77. The van der Waals surface area contributed by atoms with Crippen LogP contribution in [0.15, 0.2) is 0 Å². The first-order valence-electron chi connectivity index (χ1n) is 14.8. The molecule has 40 heavy (non-hydrogen) atoms. The first-order chi connectivity index (χ1) is 18.1.